The number of methoxy groups -OCH3 is 1. The highest BCUT2D eigenvalue weighted by Crippen LogP contribution is 2.24. The van der Waals surface area contributed by atoms with Crippen LogP contribution in [0, 0.1) is 0 Å². The van der Waals surface area contributed by atoms with Crippen LogP contribution in [0.4, 0.5) is 5.82 Å². The van der Waals surface area contributed by atoms with Gasteiger partial charge in [0.25, 0.3) is 5.91 Å². The molecule has 1 fully saturated rings. The summed E-state index contributed by atoms with van der Waals surface area (Å²) in [5, 5.41) is 19.6. The molecule has 0 radical (unpaired) electrons. The second kappa shape index (κ2) is 10.9. The van der Waals surface area contributed by atoms with Gasteiger partial charge < -0.3 is 10.5 Å². The lowest BCUT2D eigenvalue weighted by Gasteiger charge is -2.31. The average molecular weight is 482 g/mol. The molecule has 2 heterocycles. The summed E-state index contributed by atoms with van der Waals surface area (Å²) in [6.45, 7) is 0.394. The highest BCUT2D eigenvalue weighted by Gasteiger charge is 2.27. The van der Waals surface area contributed by atoms with E-state index in [0.29, 0.717) is 29.4 Å². The lowest BCUT2D eigenvalue weighted by atomic mass is 9.94. The van der Waals surface area contributed by atoms with Crippen molar-refractivity contribution in [2.75, 3.05) is 19.9 Å². The molecule has 0 unspecified atom stereocenters. The maximum atomic E-state index is 13.0. The highest BCUT2D eigenvalue weighted by atomic mass is 16.6. The highest BCUT2D eigenvalue weighted by molar-refractivity contribution is 5.94. The number of aromatic nitrogens is 5. The molecule has 0 saturated heterocycles. The van der Waals surface area contributed by atoms with E-state index in [4.69, 9.17) is 10.4 Å². The van der Waals surface area contributed by atoms with Gasteiger partial charge in [-0.1, -0.05) is 36.6 Å². The van der Waals surface area contributed by atoms with Gasteiger partial charge >= 0.3 is 5.97 Å². The number of nitrogens with one attached hydrogen (secondary N) is 1. The number of anilines is 1. The van der Waals surface area contributed by atoms with Crippen molar-refractivity contribution >= 4 is 23.9 Å². The van der Waals surface area contributed by atoms with E-state index in [-0.39, 0.29) is 17.3 Å². The van der Waals surface area contributed by atoms with Crippen molar-refractivity contribution in [3.63, 3.8) is 0 Å². The molecule has 1 amide bonds. The van der Waals surface area contributed by atoms with Gasteiger partial charge in [0.05, 0.1) is 24.6 Å². The predicted molar refractivity (Wildman–Crippen MR) is 125 cm³/mol. The third-order valence-electron chi connectivity index (χ3n) is 5.98. The summed E-state index contributed by atoms with van der Waals surface area (Å²) in [5.41, 5.74) is 10.0. The third kappa shape index (κ3) is 5.51. The molecular weight excluding hydrogens is 454 g/mol. The van der Waals surface area contributed by atoms with Gasteiger partial charge in [-0.2, -0.15) is 9.78 Å². The summed E-state index contributed by atoms with van der Waals surface area (Å²) in [6.07, 6.45) is 7.22. The Balaban J connectivity index is 1.52. The molecule has 1 saturated carbocycles. The van der Waals surface area contributed by atoms with Crippen LogP contribution in [-0.4, -0.2) is 68.5 Å². The van der Waals surface area contributed by atoms with E-state index in [1.54, 1.807) is 24.3 Å². The standard InChI is InChI=1S/C22H27N9O4/c1-30(16-6-4-3-5-7-16)13-17-18(25-29-31(17)20-19(23)27-35-28-20)21(32)26-24-12-14-8-10-15(11-9-14)22(33)34-2/h8-12,16H,3-7,13H2,1-2H3,(H2,23,27)(H,26,32)/b24-12+. The number of nitrogen functional groups attached to an aromatic ring is 1. The van der Waals surface area contributed by atoms with Crippen LogP contribution in [0.5, 0.6) is 0 Å². The van der Waals surface area contributed by atoms with E-state index >= 15 is 0 Å². The first kappa shape index (κ1) is 24.0. The molecule has 2 aromatic heterocycles. The molecule has 0 spiro atoms. The number of amides is 1. The number of hydrogen-bond acceptors (Lipinski definition) is 11. The van der Waals surface area contributed by atoms with Crippen LogP contribution in [0.1, 0.15) is 64.2 Å². The summed E-state index contributed by atoms with van der Waals surface area (Å²) >= 11 is 0. The topological polar surface area (TPSA) is 167 Å². The van der Waals surface area contributed by atoms with E-state index in [1.807, 2.05) is 7.05 Å². The lowest BCUT2D eigenvalue weighted by molar-refractivity contribution is 0.0600. The normalized spacial score (nSPS) is 14.5. The van der Waals surface area contributed by atoms with Gasteiger partial charge in [-0.05, 0) is 47.9 Å². The Kier molecular flexibility index (Phi) is 7.45. The largest absolute Gasteiger partial charge is 0.465 e. The number of carbonyl (C=O) groups excluding carboxylic acids is 2. The Labute approximate surface area is 201 Å². The molecule has 4 rings (SSSR count). The van der Waals surface area contributed by atoms with E-state index in [0.717, 1.165) is 12.8 Å². The summed E-state index contributed by atoms with van der Waals surface area (Å²) < 4.78 is 10.8. The zero-order chi connectivity index (χ0) is 24.8. The van der Waals surface area contributed by atoms with Gasteiger partial charge in [-0.15, -0.1) is 5.10 Å². The van der Waals surface area contributed by atoms with Crippen LogP contribution in [0.15, 0.2) is 34.0 Å². The summed E-state index contributed by atoms with van der Waals surface area (Å²) in [6, 6.07) is 6.97. The number of hydrazone groups is 1. The molecular formula is C22H27N9O4. The van der Waals surface area contributed by atoms with Crippen molar-refractivity contribution in [3.05, 3.63) is 46.8 Å². The number of benzene rings is 1. The maximum absolute atomic E-state index is 13.0. The SMILES string of the molecule is COC(=O)c1ccc(/C=N/NC(=O)c2nnn(-c3nonc3N)c2CN(C)C2CCCCC2)cc1. The Hall–Kier alpha value is -4.13. The number of ether oxygens (including phenoxy) is 1. The molecule has 184 valence electrons. The first-order valence-corrected chi connectivity index (χ1v) is 11.2. The van der Waals surface area contributed by atoms with Gasteiger partial charge in [0.15, 0.2) is 5.69 Å². The molecule has 0 aliphatic heterocycles. The molecule has 13 nitrogen and oxygen atoms in total. The monoisotopic (exact) mass is 481 g/mol. The van der Waals surface area contributed by atoms with E-state index in [2.05, 4.69) is 40.8 Å². The minimum absolute atomic E-state index is 0.0387. The maximum Gasteiger partial charge on any atom is 0.337 e. The molecule has 13 heteroatoms. The Morgan fingerprint density at radius 3 is 2.66 bits per heavy atom. The van der Waals surface area contributed by atoms with Crippen molar-refractivity contribution in [3.8, 4) is 5.82 Å². The lowest BCUT2D eigenvalue weighted by Crippen LogP contribution is -2.34. The van der Waals surface area contributed by atoms with E-state index in [9.17, 15) is 9.59 Å². The van der Waals surface area contributed by atoms with Crippen molar-refractivity contribution in [1.29, 1.82) is 0 Å². The van der Waals surface area contributed by atoms with Gasteiger partial charge in [-0.3, -0.25) is 9.69 Å². The minimum Gasteiger partial charge on any atom is -0.465 e. The van der Waals surface area contributed by atoms with Crippen molar-refractivity contribution in [2.45, 2.75) is 44.7 Å². The van der Waals surface area contributed by atoms with E-state index in [1.165, 1.54) is 37.3 Å². The summed E-state index contributed by atoms with van der Waals surface area (Å²) in [5.74, 6) is -0.769. The van der Waals surface area contributed by atoms with Crippen LogP contribution in [0.25, 0.3) is 5.82 Å². The fraction of sp³-hybridized carbons (Fsp3) is 0.409. The molecule has 1 aromatic carbocycles. The van der Waals surface area contributed by atoms with Crippen LogP contribution >= 0.6 is 0 Å². The van der Waals surface area contributed by atoms with Crippen LogP contribution < -0.4 is 11.2 Å². The van der Waals surface area contributed by atoms with Gasteiger partial charge in [0.1, 0.15) is 0 Å². The number of hydrogen-bond donors (Lipinski definition) is 2. The molecule has 0 bridgehead atoms. The average Bonchev–Trinajstić information content (AvgIpc) is 3.50. The molecule has 1 aliphatic carbocycles. The first-order valence-electron chi connectivity index (χ1n) is 11.2. The Morgan fingerprint density at radius 2 is 2.00 bits per heavy atom. The van der Waals surface area contributed by atoms with Gasteiger partial charge in [0, 0.05) is 12.6 Å². The van der Waals surface area contributed by atoms with Crippen LogP contribution in [0.3, 0.4) is 0 Å². The smallest absolute Gasteiger partial charge is 0.337 e. The van der Waals surface area contributed by atoms with Gasteiger partial charge in [-0.25, -0.2) is 14.8 Å². The number of carbonyl (C=O) groups is 2. The zero-order valence-electron chi connectivity index (χ0n) is 19.5. The number of nitrogens with zero attached hydrogens (tertiary/aromatic N) is 7. The molecule has 0 atom stereocenters. The van der Waals surface area contributed by atoms with Gasteiger partial charge in [0.2, 0.25) is 11.6 Å². The summed E-state index contributed by atoms with van der Waals surface area (Å²) in [7, 11) is 3.33. The molecule has 1 aliphatic rings. The second-order valence-electron chi connectivity index (χ2n) is 8.29. The fourth-order valence-electron chi connectivity index (χ4n) is 4.06. The van der Waals surface area contributed by atoms with Crippen molar-refractivity contribution in [2.24, 2.45) is 5.10 Å². The second-order valence-corrected chi connectivity index (χ2v) is 8.29. The number of rotatable bonds is 8. The first-order chi connectivity index (χ1) is 17.0. The quantitative estimate of drug-likeness (QED) is 0.274. The van der Waals surface area contributed by atoms with E-state index < -0.39 is 11.9 Å². The van der Waals surface area contributed by atoms with Crippen molar-refractivity contribution < 1.29 is 19.0 Å². The van der Waals surface area contributed by atoms with Crippen LogP contribution in [-0.2, 0) is 11.3 Å². The molecule has 3 N–H and O–H groups in total. The van der Waals surface area contributed by atoms with Crippen LogP contribution in [0.2, 0.25) is 0 Å². The molecule has 3 aromatic rings. The summed E-state index contributed by atoms with van der Waals surface area (Å²) in [4.78, 5) is 26.7. The fourth-order valence-corrected chi connectivity index (χ4v) is 4.06. The molecule has 35 heavy (non-hydrogen) atoms. The Morgan fingerprint density at radius 1 is 1.26 bits per heavy atom. The minimum atomic E-state index is -0.541. The zero-order valence-corrected chi connectivity index (χ0v) is 19.5. The third-order valence-corrected chi connectivity index (χ3v) is 5.98. The van der Waals surface area contributed by atoms with Crippen molar-refractivity contribution in [1.82, 2.24) is 35.6 Å². The number of esters is 1. The number of nitrogens with two attached hydrogens (primary N) is 1. The Bertz CT molecular complexity index is 1200. The predicted octanol–water partition coefficient (Wildman–Crippen LogP) is 1.55.